The van der Waals surface area contributed by atoms with Crippen molar-refractivity contribution in [2.45, 2.75) is 19.8 Å². The fourth-order valence-corrected chi connectivity index (χ4v) is 2.92. The van der Waals surface area contributed by atoms with Crippen LogP contribution in [-0.4, -0.2) is 15.0 Å². The molecule has 23 heavy (non-hydrogen) atoms. The van der Waals surface area contributed by atoms with Crippen molar-refractivity contribution in [3.63, 3.8) is 0 Å². The molecule has 0 N–H and O–H groups in total. The lowest BCUT2D eigenvalue weighted by Crippen LogP contribution is -2.04. The summed E-state index contributed by atoms with van der Waals surface area (Å²) in [6, 6.07) is 18.3. The maximum Gasteiger partial charge on any atom is 0.125 e. The largest absolute Gasteiger partial charge is 0.370 e. The van der Waals surface area contributed by atoms with Crippen LogP contribution in [0.2, 0.25) is 0 Å². The highest BCUT2D eigenvalue weighted by Crippen LogP contribution is 2.15. The van der Waals surface area contributed by atoms with Crippen molar-refractivity contribution in [3.05, 3.63) is 79.6 Å². The van der Waals surface area contributed by atoms with Crippen molar-refractivity contribution < 1.29 is 4.74 Å². The molecule has 118 valence electrons. The standard InChI is InChI=1S/C17H15BrIN3O/c18-15-8-6-13(7-9-15)10-22-17(19)16(20-21-22)12-23-11-14-4-2-1-3-5-14/h1-9H,10-12H2. The minimum Gasteiger partial charge on any atom is -0.370 e. The van der Waals surface area contributed by atoms with Crippen LogP contribution in [0.15, 0.2) is 59.1 Å². The van der Waals surface area contributed by atoms with E-state index in [9.17, 15) is 0 Å². The van der Waals surface area contributed by atoms with Gasteiger partial charge in [0.2, 0.25) is 0 Å². The van der Waals surface area contributed by atoms with Crippen LogP contribution in [0.3, 0.4) is 0 Å². The molecule has 1 aromatic heterocycles. The first-order chi connectivity index (χ1) is 11.2. The molecule has 0 saturated carbocycles. The average molecular weight is 484 g/mol. The summed E-state index contributed by atoms with van der Waals surface area (Å²) in [6.07, 6.45) is 0. The molecule has 0 spiro atoms. The van der Waals surface area contributed by atoms with E-state index in [0.717, 1.165) is 19.4 Å². The quantitative estimate of drug-likeness (QED) is 0.487. The number of hydrogen-bond acceptors (Lipinski definition) is 3. The molecule has 0 unspecified atom stereocenters. The van der Waals surface area contributed by atoms with E-state index >= 15 is 0 Å². The Morgan fingerprint density at radius 2 is 1.70 bits per heavy atom. The van der Waals surface area contributed by atoms with Crippen molar-refractivity contribution >= 4 is 38.5 Å². The lowest BCUT2D eigenvalue weighted by Gasteiger charge is -2.04. The Labute approximate surface area is 157 Å². The molecule has 0 aliphatic heterocycles. The van der Waals surface area contributed by atoms with E-state index in [0.29, 0.717) is 19.8 Å². The van der Waals surface area contributed by atoms with E-state index in [1.165, 1.54) is 5.56 Å². The lowest BCUT2D eigenvalue weighted by atomic mass is 10.2. The Balaban J connectivity index is 1.59. The maximum atomic E-state index is 5.74. The first-order valence-corrected chi connectivity index (χ1v) is 9.03. The van der Waals surface area contributed by atoms with Crippen molar-refractivity contribution in [1.29, 1.82) is 0 Å². The third-order valence-electron chi connectivity index (χ3n) is 3.33. The Morgan fingerprint density at radius 3 is 2.43 bits per heavy atom. The monoisotopic (exact) mass is 483 g/mol. The Morgan fingerprint density at radius 1 is 0.957 bits per heavy atom. The highest BCUT2D eigenvalue weighted by molar-refractivity contribution is 14.1. The molecular formula is C17H15BrIN3O. The van der Waals surface area contributed by atoms with Crippen LogP contribution in [0.25, 0.3) is 0 Å². The summed E-state index contributed by atoms with van der Waals surface area (Å²) in [5, 5.41) is 8.46. The number of rotatable bonds is 6. The molecule has 0 atom stereocenters. The van der Waals surface area contributed by atoms with Gasteiger partial charge in [-0.15, -0.1) is 5.10 Å². The van der Waals surface area contributed by atoms with Crippen LogP contribution in [0.4, 0.5) is 0 Å². The summed E-state index contributed by atoms with van der Waals surface area (Å²) >= 11 is 5.72. The Kier molecular flexibility index (Phi) is 5.80. The maximum absolute atomic E-state index is 5.74. The molecule has 0 radical (unpaired) electrons. The average Bonchev–Trinajstić information content (AvgIpc) is 2.91. The zero-order valence-corrected chi connectivity index (χ0v) is 16.1. The molecule has 6 heteroatoms. The van der Waals surface area contributed by atoms with E-state index in [2.05, 4.69) is 73.1 Å². The van der Waals surface area contributed by atoms with Crippen LogP contribution in [-0.2, 0) is 24.5 Å². The van der Waals surface area contributed by atoms with Crippen LogP contribution >= 0.6 is 38.5 Å². The van der Waals surface area contributed by atoms with Gasteiger partial charge in [-0.3, -0.25) is 0 Å². The van der Waals surface area contributed by atoms with Crippen LogP contribution in [0.5, 0.6) is 0 Å². The van der Waals surface area contributed by atoms with Crippen LogP contribution in [0.1, 0.15) is 16.8 Å². The van der Waals surface area contributed by atoms with Crippen molar-refractivity contribution in [2.75, 3.05) is 0 Å². The van der Waals surface area contributed by atoms with E-state index in [4.69, 9.17) is 4.74 Å². The summed E-state index contributed by atoms with van der Waals surface area (Å²) in [7, 11) is 0. The van der Waals surface area contributed by atoms with Gasteiger partial charge < -0.3 is 4.74 Å². The van der Waals surface area contributed by atoms with Gasteiger partial charge in [-0.2, -0.15) is 0 Å². The molecule has 3 aromatic rings. The normalized spacial score (nSPS) is 10.9. The summed E-state index contributed by atoms with van der Waals surface area (Å²) in [5.74, 6) is 0. The smallest absolute Gasteiger partial charge is 0.125 e. The van der Waals surface area contributed by atoms with Crippen LogP contribution < -0.4 is 0 Å². The lowest BCUT2D eigenvalue weighted by molar-refractivity contribution is 0.104. The molecular weight excluding hydrogens is 469 g/mol. The van der Waals surface area contributed by atoms with E-state index in [-0.39, 0.29) is 0 Å². The van der Waals surface area contributed by atoms with Gasteiger partial charge in [-0.1, -0.05) is 63.6 Å². The molecule has 3 rings (SSSR count). The molecule has 4 nitrogen and oxygen atoms in total. The first-order valence-electron chi connectivity index (χ1n) is 7.16. The molecule has 1 heterocycles. The second-order valence-corrected chi connectivity index (χ2v) is 7.03. The predicted octanol–water partition coefficient (Wildman–Crippen LogP) is 4.41. The van der Waals surface area contributed by atoms with Gasteiger partial charge in [-0.05, 0) is 45.9 Å². The minimum atomic E-state index is 0.466. The fraction of sp³-hybridized carbons (Fsp3) is 0.176. The zero-order chi connectivity index (χ0) is 16.1. The molecule has 0 saturated heterocycles. The highest BCUT2D eigenvalue weighted by atomic mass is 127. The summed E-state index contributed by atoms with van der Waals surface area (Å²) in [4.78, 5) is 0. The summed E-state index contributed by atoms with van der Waals surface area (Å²) in [6.45, 7) is 1.75. The van der Waals surface area contributed by atoms with Gasteiger partial charge in [0, 0.05) is 4.47 Å². The topological polar surface area (TPSA) is 39.9 Å². The Bertz CT molecular complexity index is 759. The number of hydrogen-bond donors (Lipinski definition) is 0. The van der Waals surface area contributed by atoms with Gasteiger partial charge in [0.25, 0.3) is 0 Å². The third kappa shape index (κ3) is 4.62. The van der Waals surface area contributed by atoms with Gasteiger partial charge in [-0.25, -0.2) is 4.68 Å². The number of nitrogens with zero attached hydrogens (tertiary/aromatic N) is 3. The van der Waals surface area contributed by atoms with Gasteiger partial charge >= 0.3 is 0 Å². The van der Waals surface area contributed by atoms with Gasteiger partial charge in [0.05, 0.1) is 19.8 Å². The molecule has 0 amide bonds. The van der Waals surface area contributed by atoms with E-state index in [1.807, 2.05) is 35.0 Å². The van der Waals surface area contributed by atoms with Crippen molar-refractivity contribution in [1.82, 2.24) is 15.0 Å². The molecule has 0 aliphatic rings. The minimum absolute atomic E-state index is 0.466. The molecule has 0 fully saturated rings. The van der Waals surface area contributed by atoms with Gasteiger partial charge in [0.15, 0.2) is 0 Å². The third-order valence-corrected chi connectivity index (χ3v) is 5.04. The molecule has 2 aromatic carbocycles. The zero-order valence-electron chi connectivity index (χ0n) is 12.3. The number of benzene rings is 2. The second-order valence-electron chi connectivity index (χ2n) is 5.09. The van der Waals surface area contributed by atoms with Crippen LogP contribution in [0, 0.1) is 3.70 Å². The number of ether oxygens (including phenoxy) is 1. The van der Waals surface area contributed by atoms with E-state index in [1.54, 1.807) is 0 Å². The Hall–Kier alpha value is -1.25. The van der Waals surface area contributed by atoms with E-state index < -0.39 is 0 Å². The van der Waals surface area contributed by atoms with Crippen molar-refractivity contribution in [2.24, 2.45) is 0 Å². The SMILES string of the molecule is Brc1ccc(Cn2nnc(COCc3ccccc3)c2I)cc1. The van der Waals surface area contributed by atoms with Crippen molar-refractivity contribution in [3.8, 4) is 0 Å². The van der Waals surface area contributed by atoms with Gasteiger partial charge in [0.1, 0.15) is 9.39 Å². The summed E-state index contributed by atoms with van der Waals surface area (Å²) < 4.78 is 9.72. The highest BCUT2D eigenvalue weighted by Gasteiger charge is 2.10. The fourth-order valence-electron chi connectivity index (χ4n) is 2.13. The number of halogens is 2. The first kappa shape index (κ1) is 16.6. The molecule has 0 bridgehead atoms. The summed E-state index contributed by atoms with van der Waals surface area (Å²) in [5.41, 5.74) is 3.22. The second kappa shape index (κ2) is 8.03. The number of aromatic nitrogens is 3. The predicted molar refractivity (Wildman–Crippen MR) is 101 cm³/mol. The molecule has 0 aliphatic carbocycles.